The van der Waals surface area contributed by atoms with E-state index >= 15 is 0 Å². The highest BCUT2D eigenvalue weighted by Gasteiger charge is 2.24. The van der Waals surface area contributed by atoms with Crippen LogP contribution in [0.1, 0.15) is 18.5 Å². The predicted octanol–water partition coefficient (Wildman–Crippen LogP) is 1.53. The summed E-state index contributed by atoms with van der Waals surface area (Å²) in [5.41, 5.74) is 2.58. The lowest BCUT2D eigenvalue weighted by Crippen LogP contribution is -2.47. The molecule has 0 amide bonds. The van der Waals surface area contributed by atoms with E-state index < -0.39 is 0 Å². The summed E-state index contributed by atoms with van der Waals surface area (Å²) in [7, 11) is 0. The quantitative estimate of drug-likeness (QED) is 0.833. The molecule has 1 aliphatic heterocycles. The molecule has 3 nitrogen and oxygen atoms in total. The van der Waals surface area contributed by atoms with Crippen LogP contribution in [0.3, 0.4) is 0 Å². The Kier molecular flexibility index (Phi) is 3.20. The van der Waals surface area contributed by atoms with Crippen LogP contribution < -0.4 is 5.32 Å². The molecule has 1 N–H and O–H groups in total. The minimum absolute atomic E-state index is 0.633. The smallest absolute Gasteiger partial charge is 0.0658 e. The minimum Gasteiger partial charge on any atom is -0.314 e. The Morgan fingerprint density at radius 1 is 1.24 bits per heavy atom. The molecule has 90 valence electrons. The fraction of sp³-hybridized carbons (Fsp3) is 0.500. The van der Waals surface area contributed by atoms with Gasteiger partial charge in [0.05, 0.1) is 5.69 Å². The molecule has 3 heteroatoms. The predicted molar refractivity (Wildman–Crippen MR) is 69.7 cm³/mol. The van der Waals surface area contributed by atoms with Crippen LogP contribution in [-0.2, 0) is 0 Å². The second-order valence-corrected chi connectivity index (χ2v) is 4.80. The van der Waals surface area contributed by atoms with Gasteiger partial charge in [-0.25, -0.2) is 0 Å². The van der Waals surface area contributed by atoms with Crippen molar-refractivity contribution in [3.63, 3.8) is 0 Å². The van der Waals surface area contributed by atoms with Crippen LogP contribution in [0.15, 0.2) is 30.5 Å². The molecule has 17 heavy (non-hydrogen) atoms. The SMILES string of the molecule is C1=C(c2ccccn2)CCC1N1CCNCC1. The molecular weight excluding hydrogens is 210 g/mol. The Bertz CT molecular complexity index is 393. The third-order valence-corrected chi connectivity index (χ3v) is 3.72. The van der Waals surface area contributed by atoms with Crippen LogP contribution in [0.5, 0.6) is 0 Å². The van der Waals surface area contributed by atoms with Crippen LogP contribution in [0.25, 0.3) is 5.57 Å². The first-order valence-corrected chi connectivity index (χ1v) is 6.50. The average molecular weight is 229 g/mol. The molecule has 1 unspecified atom stereocenters. The first-order valence-electron chi connectivity index (χ1n) is 6.50. The lowest BCUT2D eigenvalue weighted by Gasteiger charge is -2.31. The van der Waals surface area contributed by atoms with Crippen LogP contribution in [0, 0.1) is 0 Å². The largest absolute Gasteiger partial charge is 0.314 e. The fourth-order valence-corrected chi connectivity index (χ4v) is 2.77. The van der Waals surface area contributed by atoms with E-state index in [-0.39, 0.29) is 0 Å². The Morgan fingerprint density at radius 3 is 2.88 bits per heavy atom. The van der Waals surface area contributed by atoms with E-state index in [4.69, 9.17) is 0 Å². The molecule has 0 aromatic carbocycles. The summed E-state index contributed by atoms with van der Waals surface area (Å²) in [5.74, 6) is 0. The van der Waals surface area contributed by atoms with Gasteiger partial charge in [0.15, 0.2) is 0 Å². The lowest BCUT2D eigenvalue weighted by atomic mass is 10.1. The monoisotopic (exact) mass is 229 g/mol. The number of nitrogens with one attached hydrogen (secondary N) is 1. The van der Waals surface area contributed by atoms with Crippen molar-refractivity contribution in [3.05, 3.63) is 36.2 Å². The van der Waals surface area contributed by atoms with E-state index in [0.717, 1.165) is 18.8 Å². The number of aromatic nitrogens is 1. The average Bonchev–Trinajstić information content (AvgIpc) is 2.90. The van der Waals surface area contributed by atoms with E-state index in [1.807, 2.05) is 12.3 Å². The summed E-state index contributed by atoms with van der Waals surface area (Å²) in [5, 5.41) is 3.41. The Labute approximate surface area is 103 Å². The van der Waals surface area contributed by atoms with E-state index in [2.05, 4.69) is 33.4 Å². The molecule has 1 aromatic heterocycles. The van der Waals surface area contributed by atoms with Crippen molar-refractivity contribution in [2.45, 2.75) is 18.9 Å². The number of nitrogens with zero attached hydrogens (tertiary/aromatic N) is 2. The first kappa shape index (κ1) is 10.9. The Morgan fingerprint density at radius 2 is 2.12 bits per heavy atom. The molecular formula is C14H19N3. The Hall–Kier alpha value is -1.19. The van der Waals surface area contributed by atoms with Gasteiger partial charge >= 0.3 is 0 Å². The zero-order valence-corrected chi connectivity index (χ0v) is 10.1. The molecule has 2 heterocycles. The van der Waals surface area contributed by atoms with Gasteiger partial charge in [-0.05, 0) is 30.5 Å². The number of hydrogen-bond donors (Lipinski definition) is 1. The molecule has 3 rings (SSSR count). The number of allylic oxidation sites excluding steroid dienone is 1. The topological polar surface area (TPSA) is 28.2 Å². The number of pyridine rings is 1. The molecule has 0 saturated carbocycles. The molecule has 2 aliphatic rings. The first-order chi connectivity index (χ1) is 8.43. The highest BCUT2D eigenvalue weighted by atomic mass is 15.2. The van der Waals surface area contributed by atoms with Gasteiger partial charge in [-0.2, -0.15) is 0 Å². The maximum atomic E-state index is 4.44. The molecule has 0 radical (unpaired) electrons. The van der Waals surface area contributed by atoms with Gasteiger partial charge in [-0.1, -0.05) is 12.1 Å². The molecule has 1 atom stereocenters. The normalized spacial score (nSPS) is 25.9. The summed E-state index contributed by atoms with van der Waals surface area (Å²) in [6, 6.07) is 6.80. The van der Waals surface area contributed by atoms with E-state index in [9.17, 15) is 0 Å². The number of hydrogen-bond acceptors (Lipinski definition) is 3. The lowest BCUT2D eigenvalue weighted by molar-refractivity contribution is 0.200. The highest BCUT2D eigenvalue weighted by Crippen LogP contribution is 2.29. The zero-order valence-electron chi connectivity index (χ0n) is 10.1. The number of rotatable bonds is 2. The summed E-state index contributed by atoms with van der Waals surface area (Å²) in [6.45, 7) is 4.61. The van der Waals surface area contributed by atoms with Crippen molar-refractivity contribution in [3.8, 4) is 0 Å². The second kappa shape index (κ2) is 4.98. The van der Waals surface area contributed by atoms with E-state index in [1.165, 1.54) is 31.5 Å². The number of piperazine rings is 1. The molecule has 1 aromatic rings. The summed E-state index contributed by atoms with van der Waals surface area (Å²) < 4.78 is 0. The maximum absolute atomic E-state index is 4.44. The van der Waals surface area contributed by atoms with Crippen LogP contribution in [0.4, 0.5) is 0 Å². The summed E-state index contributed by atoms with van der Waals surface area (Å²) in [6.07, 6.45) is 6.74. The second-order valence-electron chi connectivity index (χ2n) is 4.80. The maximum Gasteiger partial charge on any atom is 0.0658 e. The van der Waals surface area contributed by atoms with Gasteiger partial charge < -0.3 is 5.32 Å². The standard InChI is InChI=1S/C14H19N3/c1-2-6-16-14(3-1)12-4-5-13(11-12)17-9-7-15-8-10-17/h1-3,6,11,13,15H,4-5,7-10H2. The van der Waals surface area contributed by atoms with Crippen molar-refractivity contribution in [1.29, 1.82) is 0 Å². The fourth-order valence-electron chi connectivity index (χ4n) is 2.77. The van der Waals surface area contributed by atoms with Gasteiger partial charge in [0.25, 0.3) is 0 Å². The summed E-state index contributed by atoms with van der Waals surface area (Å²) in [4.78, 5) is 7.03. The van der Waals surface area contributed by atoms with Crippen molar-refractivity contribution in [2.75, 3.05) is 26.2 Å². The van der Waals surface area contributed by atoms with Gasteiger partial charge in [-0.3, -0.25) is 9.88 Å². The molecule has 1 fully saturated rings. The van der Waals surface area contributed by atoms with Crippen molar-refractivity contribution in [1.82, 2.24) is 15.2 Å². The van der Waals surface area contributed by atoms with Gasteiger partial charge in [0.2, 0.25) is 0 Å². The third-order valence-electron chi connectivity index (χ3n) is 3.72. The van der Waals surface area contributed by atoms with Gasteiger partial charge in [0.1, 0.15) is 0 Å². The molecule has 0 bridgehead atoms. The van der Waals surface area contributed by atoms with Crippen molar-refractivity contribution < 1.29 is 0 Å². The third kappa shape index (κ3) is 2.40. The minimum atomic E-state index is 0.633. The molecule has 1 aliphatic carbocycles. The van der Waals surface area contributed by atoms with E-state index in [1.54, 1.807) is 0 Å². The van der Waals surface area contributed by atoms with Crippen LogP contribution >= 0.6 is 0 Å². The van der Waals surface area contributed by atoms with Gasteiger partial charge in [-0.15, -0.1) is 0 Å². The van der Waals surface area contributed by atoms with Crippen LogP contribution in [0.2, 0.25) is 0 Å². The van der Waals surface area contributed by atoms with Crippen molar-refractivity contribution in [2.24, 2.45) is 0 Å². The summed E-state index contributed by atoms with van der Waals surface area (Å²) >= 11 is 0. The zero-order chi connectivity index (χ0) is 11.5. The van der Waals surface area contributed by atoms with Gasteiger partial charge in [0, 0.05) is 38.4 Å². The highest BCUT2D eigenvalue weighted by molar-refractivity contribution is 5.65. The Balaban J connectivity index is 1.72. The molecule has 0 spiro atoms. The molecule has 1 saturated heterocycles. The van der Waals surface area contributed by atoms with E-state index in [0.29, 0.717) is 6.04 Å². The van der Waals surface area contributed by atoms with Crippen molar-refractivity contribution >= 4 is 5.57 Å². The van der Waals surface area contributed by atoms with Crippen LogP contribution in [-0.4, -0.2) is 42.1 Å².